The van der Waals surface area contributed by atoms with Crippen LogP contribution in [0.25, 0.3) is 11.0 Å². The molecular formula is C14H17N5. The molecule has 0 aromatic carbocycles. The summed E-state index contributed by atoms with van der Waals surface area (Å²) in [6.45, 7) is 2.45. The van der Waals surface area contributed by atoms with Gasteiger partial charge in [0.2, 0.25) is 0 Å². The van der Waals surface area contributed by atoms with Gasteiger partial charge in [-0.1, -0.05) is 0 Å². The van der Waals surface area contributed by atoms with E-state index in [1.54, 1.807) is 6.20 Å². The largest absolute Gasteiger partial charge is 0.337 e. The van der Waals surface area contributed by atoms with Crippen LogP contribution in [0.5, 0.6) is 0 Å². The van der Waals surface area contributed by atoms with Crippen LogP contribution in [-0.2, 0) is 19.6 Å². The average molecular weight is 255 g/mol. The highest BCUT2D eigenvalue weighted by Gasteiger charge is 2.07. The van der Waals surface area contributed by atoms with E-state index in [4.69, 9.17) is 5.73 Å². The highest BCUT2D eigenvalue weighted by atomic mass is 15.0. The van der Waals surface area contributed by atoms with Crippen LogP contribution in [0.2, 0.25) is 0 Å². The number of imidazole rings is 1. The lowest BCUT2D eigenvalue weighted by Gasteiger charge is -2.05. The Labute approximate surface area is 111 Å². The number of hydrogen-bond acceptors (Lipinski definition) is 3. The van der Waals surface area contributed by atoms with E-state index in [0.717, 1.165) is 36.1 Å². The van der Waals surface area contributed by atoms with Gasteiger partial charge in [-0.15, -0.1) is 0 Å². The summed E-state index contributed by atoms with van der Waals surface area (Å²) in [5.74, 6) is 0. The van der Waals surface area contributed by atoms with Gasteiger partial charge in [0, 0.05) is 49.8 Å². The molecule has 0 fully saturated rings. The molecule has 0 saturated carbocycles. The van der Waals surface area contributed by atoms with Crippen LogP contribution in [0, 0.1) is 0 Å². The Kier molecular flexibility index (Phi) is 3.29. The van der Waals surface area contributed by atoms with Crippen molar-refractivity contribution in [2.45, 2.75) is 26.1 Å². The van der Waals surface area contributed by atoms with Crippen molar-refractivity contribution in [2.75, 3.05) is 0 Å². The molecule has 0 aliphatic carbocycles. The van der Waals surface area contributed by atoms with Gasteiger partial charge >= 0.3 is 0 Å². The van der Waals surface area contributed by atoms with E-state index in [1.807, 2.05) is 24.8 Å². The number of hydrogen-bond donors (Lipinski definition) is 1. The van der Waals surface area contributed by atoms with Crippen molar-refractivity contribution >= 4 is 11.0 Å². The van der Waals surface area contributed by atoms with E-state index in [2.05, 4.69) is 31.4 Å². The van der Waals surface area contributed by atoms with Gasteiger partial charge in [-0.3, -0.25) is 0 Å². The maximum atomic E-state index is 5.78. The molecule has 3 aromatic heterocycles. The zero-order chi connectivity index (χ0) is 13.1. The molecule has 0 aliphatic heterocycles. The second-order valence-corrected chi connectivity index (χ2v) is 4.58. The minimum absolute atomic E-state index is 0.552. The van der Waals surface area contributed by atoms with Crippen molar-refractivity contribution in [1.82, 2.24) is 19.1 Å². The van der Waals surface area contributed by atoms with Crippen LogP contribution < -0.4 is 5.73 Å². The lowest BCUT2D eigenvalue weighted by atomic mass is 10.2. The Morgan fingerprint density at radius 2 is 2.16 bits per heavy atom. The molecule has 0 bridgehead atoms. The lowest BCUT2D eigenvalue weighted by molar-refractivity contribution is 0.570. The maximum Gasteiger partial charge on any atom is 0.140 e. The Morgan fingerprint density at radius 1 is 1.21 bits per heavy atom. The predicted octanol–water partition coefficient (Wildman–Crippen LogP) is 1.78. The summed E-state index contributed by atoms with van der Waals surface area (Å²) < 4.78 is 4.28. The Hall–Kier alpha value is -2.14. The summed E-state index contributed by atoms with van der Waals surface area (Å²) in [4.78, 5) is 8.50. The van der Waals surface area contributed by atoms with Crippen molar-refractivity contribution in [3.8, 4) is 0 Å². The van der Waals surface area contributed by atoms with Crippen LogP contribution in [0.4, 0.5) is 0 Å². The van der Waals surface area contributed by atoms with Crippen molar-refractivity contribution < 1.29 is 0 Å². The first-order valence-electron chi connectivity index (χ1n) is 6.47. The van der Waals surface area contributed by atoms with E-state index >= 15 is 0 Å². The van der Waals surface area contributed by atoms with Crippen LogP contribution in [-0.4, -0.2) is 19.1 Å². The SMILES string of the molecule is NCc1cn(CCCn2ccnc2)c2ncccc12. The fraction of sp³-hybridized carbons (Fsp3) is 0.286. The molecule has 0 amide bonds. The Balaban J connectivity index is 1.77. The summed E-state index contributed by atoms with van der Waals surface area (Å²) in [5.41, 5.74) is 7.96. The number of aryl methyl sites for hydroxylation is 2. The first kappa shape index (κ1) is 11.9. The van der Waals surface area contributed by atoms with E-state index in [1.165, 1.54) is 0 Å². The molecule has 3 heterocycles. The zero-order valence-corrected chi connectivity index (χ0v) is 10.7. The minimum atomic E-state index is 0.552. The number of fused-ring (bicyclic) bond motifs is 1. The molecule has 0 saturated heterocycles. The molecule has 0 atom stereocenters. The summed E-state index contributed by atoms with van der Waals surface area (Å²) in [7, 11) is 0. The number of nitrogens with zero attached hydrogens (tertiary/aromatic N) is 4. The fourth-order valence-electron chi connectivity index (χ4n) is 2.37. The molecule has 0 aliphatic rings. The average Bonchev–Trinajstić information content (AvgIpc) is 3.07. The highest BCUT2D eigenvalue weighted by Crippen LogP contribution is 2.19. The van der Waals surface area contributed by atoms with Crippen LogP contribution in [0.3, 0.4) is 0 Å². The van der Waals surface area contributed by atoms with Crippen molar-refractivity contribution in [3.63, 3.8) is 0 Å². The van der Waals surface area contributed by atoms with Gasteiger partial charge in [0.05, 0.1) is 6.33 Å². The van der Waals surface area contributed by atoms with Gasteiger partial charge < -0.3 is 14.9 Å². The predicted molar refractivity (Wildman–Crippen MR) is 74.5 cm³/mol. The molecule has 98 valence electrons. The topological polar surface area (TPSA) is 61.7 Å². The molecule has 0 radical (unpaired) electrons. The van der Waals surface area contributed by atoms with E-state index in [0.29, 0.717) is 6.54 Å². The molecular weight excluding hydrogens is 238 g/mol. The summed E-state index contributed by atoms with van der Waals surface area (Å²) in [6, 6.07) is 4.04. The van der Waals surface area contributed by atoms with Gasteiger partial charge in [0.15, 0.2) is 0 Å². The van der Waals surface area contributed by atoms with Gasteiger partial charge in [-0.2, -0.15) is 0 Å². The molecule has 0 unspecified atom stereocenters. The lowest BCUT2D eigenvalue weighted by Crippen LogP contribution is -2.02. The summed E-state index contributed by atoms with van der Waals surface area (Å²) >= 11 is 0. The highest BCUT2D eigenvalue weighted by molar-refractivity contribution is 5.80. The maximum absolute atomic E-state index is 5.78. The third kappa shape index (κ3) is 2.37. The second-order valence-electron chi connectivity index (χ2n) is 4.58. The second kappa shape index (κ2) is 5.24. The first-order chi connectivity index (χ1) is 9.38. The molecule has 0 spiro atoms. The number of nitrogens with two attached hydrogens (primary N) is 1. The van der Waals surface area contributed by atoms with E-state index < -0.39 is 0 Å². The number of pyridine rings is 1. The monoisotopic (exact) mass is 255 g/mol. The smallest absolute Gasteiger partial charge is 0.140 e. The molecule has 5 nitrogen and oxygen atoms in total. The first-order valence-corrected chi connectivity index (χ1v) is 6.47. The van der Waals surface area contributed by atoms with Gasteiger partial charge in [-0.05, 0) is 24.1 Å². The minimum Gasteiger partial charge on any atom is -0.337 e. The molecule has 3 aromatic rings. The molecule has 3 rings (SSSR count). The van der Waals surface area contributed by atoms with E-state index in [9.17, 15) is 0 Å². The summed E-state index contributed by atoms with van der Waals surface area (Å²) in [6.07, 6.45) is 10.6. The fourth-order valence-corrected chi connectivity index (χ4v) is 2.37. The number of rotatable bonds is 5. The number of aromatic nitrogens is 4. The van der Waals surface area contributed by atoms with Crippen LogP contribution in [0.15, 0.2) is 43.2 Å². The third-order valence-corrected chi connectivity index (χ3v) is 3.31. The Bertz CT molecular complexity index is 654. The van der Waals surface area contributed by atoms with Gasteiger partial charge in [0.1, 0.15) is 5.65 Å². The zero-order valence-electron chi connectivity index (χ0n) is 10.7. The standard InChI is InChI=1S/C14H17N5/c15-9-12-10-19(14-13(12)3-1-4-17-14)7-2-6-18-8-5-16-11-18/h1,3-5,8,10-11H,2,6-7,9,15H2. The molecule has 2 N–H and O–H groups in total. The molecule has 5 heteroatoms. The molecule has 19 heavy (non-hydrogen) atoms. The normalized spacial score (nSPS) is 11.2. The Morgan fingerprint density at radius 3 is 2.95 bits per heavy atom. The van der Waals surface area contributed by atoms with Gasteiger partial charge in [0.25, 0.3) is 0 Å². The van der Waals surface area contributed by atoms with Gasteiger partial charge in [-0.25, -0.2) is 9.97 Å². The third-order valence-electron chi connectivity index (χ3n) is 3.31. The van der Waals surface area contributed by atoms with Crippen molar-refractivity contribution in [3.05, 3.63) is 48.8 Å². The quantitative estimate of drug-likeness (QED) is 0.756. The van der Waals surface area contributed by atoms with E-state index in [-0.39, 0.29) is 0 Å². The van der Waals surface area contributed by atoms with Crippen LogP contribution >= 0.6 is 0 Å². The van der Waals surface area contributed by atoms with Crippen molar-refractivity contribution in [2.24, 2.45) is 5.73 Å². The van der Waals surface area contributed by atoms with Crippen molar-refractivity contribution in [1.29, 1.82) is 0 Å². The van der Waals surface area contributed by atoms with Crippen LogP contribution in [0.1, 0.15) is 12.0 Å². The summed E-state index contributed by atoms with van der Waals surface area (Å²) in [5, 5.41) is 1.16.